The zero-order valence-electron chi connectivity index (χ0n) is 6.40. The molecule has 1 aromatic rings. The van der Waals surface area contributed by atoms with E-state index in [1.165, 1.54) is 0 Å². The summed E-state index contributed by atoms with van der Waals surface area (Å²) in [5, 5.41) is 0. The van der Waals surface area contributed by atoms with Gasteiger partial charge in [-0.1, -0.05) is 0 Å². The van der Waals surface area contributed by atoms with Gasteiger partial charge < -0.3 is 5.73 Å². The fraction of sp³-hybridized carbons (Fsp3) is 0.286. The van der Waals surface area contributed by atoms with Crippen LogP contribution in [0.15, 0.2) is 12.3 Å². The maximum atomic E-state index is 12.4. The molecule has 2 nitrogen and oxygen atoms in total. The van der Waals surface area contributed by atoms with Gasteiger partial charge in [-0.15, -0.1) is 0 Å². The highest BCUT2D eigenvalue weighted by Gasteiger charge is 2.34. The van der Waals surface area contributed by atoms with E-state index in [-0.39, 0.29) is 12.2 Å². The highest BCUT2D eigenvalue weighted by Crippen LogP contribution is 2.31. The van der Waals surface area contributed by atoms with Gasteiger partial charge in [-0.3, -0.25) is 4.98 Å². The second-order valence-corrected chi connectivity index (χ2v) is 2.35. The molecule has 0 fully saturated rings. The molecule has 1 heterocycles. The third-order valence-electron chi connectivity index (χ3n) is 1.44. The fourth-order valence-electron chi connectivity index (χ4n) is 0.876. The molecular weight excluding hydrogens is 188 g/mol. The zero-order valence-corrected chi connectivity index (χ0v) is 6.40. The third-order valence-corrected chi connectivity index (χ3v) is 1.44. The molecule has 0 amide bonds. The Kier molecular flexibility index (Phi) is 2.51. The van der Waals surface area contributed by atoms with Crippen LogP contribution in [0.3, 0.4) is 0 Å². The summed E-state index contributed by atoms with van der Waals surface area (Å²) in [6, 6.07) is 0.384. The SMILES string of the molecule is NCc1ncc(F)cc1C(F)(F)F. The average molecular weight is 194 g/mol. The number of hydrogen-bond donors (Lipinski definition) is 1. The smallest absolute Gasteiger partial charge is 0.325 e. The first kappa shape index (κ1) is 9.91. The Hall–Kier alpha value is -1.17. The number of hydrogen-bond acceptors (Lipinski definition) is 2. The first-order valence-electron chi connectivity index (χ1n) is 3.37. The first-order valence-corrected chi connectivity index (χ1v) is 3.37. The molecule has 72 valence electrons. The summed E-state index contributed by atoms with van der Waals surface area (Å²) in [7, 11) is 0. The molecule has 0 radical (unpaired) electrons. The molecule has 0 aliphatic carbocycles. The van der Waals surface area contributed by atoms with E-state index in [1.54, 1.807) is 0 Å². The summed E-state index contributed by atoms with van der Waals surface area (Å²) < 4.78 is 48.9. The Morgan fingerprint density at radius 1 is 1.38 bits per heavy atom. The Morgan fingerprint density at radius 3 is 2.46 bits per heavy atom. The fourth-order valence-corrected chi connectivity index (χ4v) is 0.876. The minimum atomic E-state index is -4.61. The summed E-state index contributed by atoms with van der Waals surface area (Å²) in [5.74, 6) is -1.02. The predicted octanol–water partition coefficient (Wildman–Crippen LogP) is 1.70. The van der Waals surface area contributed by atoms with E-state index in [9.17, 15) is 17.6 Å². The van der Waals surface area contributed by atoms with E-state index in [0.29, 0.717) is 12.3 Å². The lowest BCUT2D eigenvalue weighted by atomic mass is 10.2. The zero-order chi connectivity index (χ0) is 10.1. The molecule has 2 N–H and O–H groups in total. The highest BCUT2D eigenvalue weighted by atomic mass is 19.4. The second kappa shape index (κ2) is 3.29. The number of halogens is 4. The van der Waals surface area contributed by atoms with Gasteiger partial charge in [-0.05, 0) is 6.07 Å². The number of alkyl halides is 3. The van der Waals surface area contributed by atoms with E-state index < -0.39 is 17.6 Å². The molecule has 13 heavy (non-hydrogen) atoms. The monoisotopic (exact) mass is 194 g/mol. The Labute approximate surface area is 71.4 Å². The first-order chi connectivity index (χ1) is 5.95. The molecule has 1 rings (SSSR count). The van der Waals surface area contributed by atoms with Crippen molar-refractivity contribution in [3.63, 3.8) is 0 Å². The molecular formula is C7H6F4N2. The molecule has 0 aliphatic rings. The summed E-state index contributed by atoms with van der Waals surface area (Å²) in [5.41, 5.74) is 3.54. The van der Waals surface area contributed by atoms with Crippen molar-refractivity contribution in [1.29, 1.82) is 0 Å². The van der Waals surface area contributed by atoms with Crippen LogP contribution < -0.4 is 5.73 Å². The van der Waals surface area contributed by atoms with Gasteiger partial charge >= 0.3 is 6.18 Å². The van der Waals surface area contributed by atoms with Crippen molar-refractivity contribution in [3.8, 4) is 0 Å². The average Bonchev–Trinajstić information content (AvgIpc) is 2.03. The largest absolute Gasteiger partial charge is 0.418 e. The molecule has 0 aromatic carbocycles. The lowest BCUT2D eigenvalue weighted by molar-refractivity contribution is -0.138. The van der Waals surface area contributed by atoms with Gasteiger partial charge in [0.1, 0.15) is 5.82 Å². The van der Waals surface area contributed by atoms with Gasteiger partial charge in [0.05, 0.1) is 17.5 Å². The molecule has 0 saturated heterocycles. The standard InChI is InChI=1S/C7H6F4N2/c8-4-1-5(7(9,10)11)6(2-12)13-3-4/h1,3H,2,12H2. The van der Waals surface area contributed by atoms with Crippen LogP contribution in [0.2, 0.25) is 0 Å². The topological polar surface area (TPSA) is 38.9 Å². The van der Waals surface area contributed by atoms with Crippen LogP contribution in [0.1, 0.15) is 11.3 Å². The maximum absolute atomic E-state index is 12.4. The Morgan fingerprint density at radius 2 is 2.00 bits per heavy atom. The van der Waals surface area contributed by atoms with Gasteiger partial charge in [0.2, 0.25) is 0 Å². The number of nitrogens with two attached hydrogens (primary N) is 1. The van der Waals surface area contributed by atoms with Gasteiger partial charge in [0, 0.05) is 6.54 Å². The molecule has 0 bridgehead atoms. The molecule has 0 aliphatic heterocycles. The lowest BCUT2D eigenvalue weighted by Crippen LogP contribution is -2.14. The summed E-state index contributed by atoms with van der Waals surface area (Å²) >= 11 is 0. The second-order valence-electron chi connectivity index (χ2n) is 2.35. The van der Waals surface area contributed by atoms with Crippen molar-refractivity contribution in [1.82, 2.24) is 4.98 Å². The van der Waals surface area contributed by atoms with E-state index in [1.807, 2.05) is 0 Å². The van der Waals surface area contributed by atoms with Crippen LogP contribution in [-0.2, 0) is 12.7 Å². The van der Waals surface area contributed by atoms with Gasteiger partial charge in [-0.25, -0.2) is 4.39 Å². The van der Waals surface area contributed by atoms with Crippen LogP contribution in [0, 0.1) is 5.82 Å². The van der Waals surface area contributed by atoms with E-state index in [2.05, 4.69) is 4.98 Å². The van der Waals surface area contributed by atoms with Crippen molar-refractivity contribution < 1.29 is 17.6 Å². The van der Waals surface area contributed by atoms with Crippen LogP contribution in [-0.4, -0.2) is 4.98 Å². The number of aromatic nitrogens is 1. The van der Waals surface area contributed by atoms with Gasteiger partial charge in [0.15, 0.2) is 0 Å². The van der Waals surface area contributed by atoms with E-state index in [4.69, 9.17) is 5.73 Å². The number of pyridine rings is 1. The van der Waals surface area contributed by atoms with Crippen LogP contribution >= 0.6 is 0 Å². The Bertz CT molecular complexity index is 308. The van der Waals surface area contributed by atoms with Crippen molar-refractivity contribution >= 4 is 0 Å². The minimum absolute atomic E-state index is 0.353. The minimum Gasteiger partial charge on any atom is -0.325 e. The van der Waals surface area contributed by atoms with Crippen molar-refractivity contribution in [2.24, 2.45) is 5.73 Å². The molecule has 0 unspecified atom stereocenters. The Balaban J connectivity index is 3.24. The lowest BCUT2D eigenvalue weighted by Gasteiger charge is -2.09. The number of rotatable bonds is 1. The summed E-state index contributed by atoms with van der Waals surface area (Å²) in [6.07, 6.45) is -3.90. The van der Waals surface area contributed by atoms with Crippen LogP contribution in [0.4, 0.5) is 17.6 Å². The normalized spacial score (nSPS) is 11.8. The third kappa shape index (κ3) is 2.15. The molecule has 0 saturated carbocycles. The van der Waals surface area contributed by atoms with Crippen LogP contribution in [0.25, 0.3) is 0 Å². The van der Waals surface area contributed by atoms with Gasteiger partial charge in [-0.2, -0.15) is 13.2 Å². The van der Waals surface area contributed by atoms with Crippen LogP contribution in [0.5, 0.6) is 0 Å². The van der Waals surface area contributed by atoms with Gasteiger partial charge in [0.25, 0.3) is 0 Å². The summed E-state index contributed by atoms with van der Waals surface area (Å²) in [4.78, 5) is 3.24. The van der Waals surface area contributed by atoms with Crippen molar-refractivity contribution in [3.05, 3.63) is 29.3 Å². The molecule has 0 spiro atoms. The number of nitrogens with zero attached hydrogens (tertiary/aromatic N) is 1. The maximum Gasteiger partial charge on any atom is 0.418 e. The van der Waals surface area contributed by atoms with E-state index in [0.717, 1.165) is 0 Å². The molecule has 6 heteroatoms. The van der Waals surface area contributed by atoms with E-state index >= 15 is 0 Å². The molecule has 1 aromatic heterocycles. The highest BCUT2D eigenvalue weighted by molar-refractivity contribution is 5.23. The van der Waals surface area contributed by atoms with Crippen molar-refractivity contribution in [2.75, 3.05) is 0 Å². The quantitative estimate of drug-likeness (QED) is 0.691. The summed E-state index contributed by atoms with van der Waals surface area (Å²) in [6.45, 7) is -0.366. The van der Waals surface area contributed by atoms with Crippen molar-refractivity contribution in [2.45, 2.75) is 12.7 Å². The predicted molar refractivity (Wildman–Crippen MR) is 37.1 cm³/mol. The molecule has 0 atom stereocenters.